The highest BCUT2D eigenvalue weighted by Gasteiger charge is 2.10. The quantitative estimate of drug-likeness (QED) is 0.783. The first-order valence-electron chi connectivity index (χ1n) is 6.48. The first-order valence-corrected chi connectivity index (χ1v) is 7.26. The number of aromatic hydroxyl groups is 1. The summed E-state index contributed by atoms with van der Waals surface area (Å²) in [5, 5.41) is 12.5. The lowest BCUT2D eigenvalue weighted by Gasteiger charge is -2.06. The molecule has 0 spiro atoms. The van der Waals surface area contributed by atoms with Gasteiger partial charge in [0, 0.05) is 18.0 Å². The number of nitrogens with zero attached hydrogens (tertiary/aromatic N) is 2. The molecule has 5 heteroatoms. The fraction of sp³-hybridized carbons (Fsp3) is 0.200. The van der Waals surface area contributed by atoms with Crippen molar-refractivity contribution in [1.82, 2.24) is 9.36 Å². The van der Waals surface area contributed by atoms with Crippen LogP contribution < -0.4 is 4.74 Å². The highest BCUT2D eigenvalue weighted by atomic mass is 32.1. The summed E-state index contributed by atoms with van der Waals surface area (Å²) in [6.45, 7) is 2.08. The van der Waals surface area contributed by atoms with Crippen molar-refractivity contribution in [2.75, 3.05) is 0 Å². The minimum Gasteiger partial charge on any atom is -0.504 e. The van der Waals surface area contributed by atoms with E-state index in [0.29, 0.717) is 10.9 Å². The minimum absolute atomic E-state index is 0.107. The Morgan fingerprint density at radius 2 is 1.95 bits per heavy atom. The second-order valence-electron chi connectivity index (χ2n) is 4.50. The highest BCUT2D eigenvalue weighted by molar-refractivity contribution is 7.07. The largest absolute Gasteiger partial charge is 0.504 e. The molecule has 20 heavy (non-hydrogen) atoms. The van der Waals surface area contributed by atoms with Gasteiger partial charge in [-0.1, -0.05) is 31.2 Å². The van der Waals surface area contributed by atoms with Gasteiger partial charge in [-0.15, -0.1) is 0 Å². The van der Waals surface area contributed by atoms with E-state index in [1.165, 1.54) is 11.5 Å². The van der Waals surface area contributed by atoms with Gasteiger partial charge in [0.1, 0.15) is 5.82 Å². The smallest absolute Gasteiger partial charge is 0.298 e. The predicted molar refractivity (Wildman–Crippen MR) is 79.6 cm³/mol. The van der Waals surface area contributed by atoms with Gasteiger partial charge in [0.15, 0.2) is 11.5 Å². The Morgan fingerprint density at radius 3 is 2.70 bits per heavy atom. The van der Waals surface area contributed by atoms with Crippen LogP contribution in [-0.4, -0.2) is 14.5 Å². The Kier molecular flexibility index (Phi) is 3.52. The van der Waals surface area contributed by atoms with E-state index in [0.717, 1.165) is 29.4 Å². The van der Waals surface area contributed by atoms with Crippen LogP contribution in [-0.2, 0) is 6.42 Å². The van der Waals surface area contributed by atoms with Crippen LogP contribution in [0.25, 0.3) is 10.8 Å². The van der Waals surface area contributed by atoms with Gasteiger partial charge >= 0.3 is 0 Å². The van der Waals surface area contributed by atoms with Crippen molar-refractivity contribution in [3.8, 4) is 16.7 Å². The number of aryl methyl sites for hydroxylation is 1. The van der Waals surface area contributed by atoms with Crippen LogP contribution in [0.4, 0.5) is 0 Å². The number of fused-ring (bicyclic) bond motifs is 1. The molecule has 0 radical (unpaired) electrons. The lowest BCUT2D eigenvalue weighted by molar-refractivity contribution is 0.410. The van der Waals surface area contributed by atoms with E-state index in [4.69, 9.17) is 4.74 Å². The standard InChI is InChI=1S/C15H14N2O2S/c1-2-5-14-16-15(20-17-14)19-13-9-11-7-4-3-6-10(11)8-12(13)18/h3-4,6-9,18H,2,5H2,1H3. The van der Waals surface area contributed by atoms with Gasteiger partial charge in [0.2, 0.25) is 0 Å². The number of hydrogen-bond acceptors (Lipinski definition) is 5. The topological polar surface area (TPSA) is 55.2 Å². The molecule has 0 saturated carbocycles. The van der Waals surface area contributed by atoms with Crippen molar-refractivity contribution in [2.24, 2.45) is 0 Å². The Hall–Kier alpha value is -2.14. The van der Waals surface area contributed by atoms with Crippen LogP contribution >= 0.6 is 11.5 Å². The summed E-state index contributed by atoms with van der Waals surface area (Å²) in [6, 6.07) is 11.3. The van der Waals surface area contributed by atoms with E-state index in [2.05, 4.69) is 16.3 Å². The Labute approximate surface area is 120 Å². The fourth-order valence-corrected chi connectivity index (χ4v) is 2.58. The molecule has 3 rings (SSSR count). The second-order valence-corrected chi connectivity index (χ2v) is 5.21. The normalized spacial score (nSPS) is 10.8. The first kappa shape index (κ1) is 12.9. The maximum atomic E-state index is 10.0. The summed E-state index contributed by atoms with van der Waals surface area (Å²) in [7, 11) is 0. The average Bonchev–Trinajstić information content (AvgIpc) is 2.87. The van der Waals surface area contributed by atoms with Crippen molar-refractivity contribution in [3.63, 3.8) is 0 Å². The molecule has 0 aliphatic carbocycles. The van der Waals surface area contributed by atoms with Crippen LogP contribution in [0.15, 0.2) is 36.4 Å². The molecule has 0 unspecified atom stereocenters. The van der Waals surface area contributed by atoms with Crippen molar-refractivity contribution >= 4 is 22.3 Å². The zero-order valence-corrected chi connectivity index (χ0v) is 11.9. The summed E-state index contributed by atoms with van der Waals surface area (Å²) in [4.78, 5) is 4.29. The number of benzene rings is 2. The predicted octanol–water partition coefficient (Wildman–Crippen LogP) is 4.14. The number of rotatable bonds is 4. The molecule has 0 atom stereocenters. The Balaban J connectivity index is 1.91. The third kappa shape index (κ3) is 2.58. The van der Waals surface area contributed by atoms with Crippen molar-refractivity contribution in [1.29, 1.82) is 0 Å². The van der Waals surface area contributed by atoms with E-state index in [1.54, 1.807) is 6.07 Å². The molecule has 4 nitrogen and oxygen atoms in total. The second kappa shape index (κ2) is 5.46. The molecule has 3 aromatic rings. The summed E-state index contributed by atoms with van der Waals surface area (Å²) in [5.74, 6) is 1.30. The van der Waals surface area contributed by atoms with Crippen LogP contribution in [0, 0.1) is 0 Å². The summed E-state index contributed by atoms with van der Waals surface area (Å²) >= 11 is 1.20. The molecule has 0 amide bonds. The SMILES string of the molecule is CCCc1nsc(Oc2cc3ccccc3cc2O)n1. The van der Waals surface area contributed by atoms with Gasteiger partial charge in [-0.25, -0.2) is 0 Å². The van der Waals surface area contributed by atoms with Gasteiger partial charge in [0.25, 0.3) is 5.19 Å². The third-order valence-corrected chi connectivity index (χ3v) is 3.58. The van der Waals surface area contributed by atoms with Crippen LogP contribution in [0.2, 0.25) is 0 Å². The lowest BCUT2D eigenvalue weighted by Crippen LogP contribution is -1.88. The zero-order valence-electron chi connectivity index (χ0n) is 11.0. The monoisotopic (exact) mass is 286 g/mol. The Bertz CT molecular complexity index is 740. The summed E-state index contributed by atoms with van der Waals surface area (Å²) in [6.07, 6.45) is 1.83. The van der Waals surface area contributed by atoms with Crippen molar-refractivity contribution in [2.45, 2.75) is 19.8 Å². The number of hydrogen-bond donors (Lipinski definition) is 1. The molecule has 1 aromatic heterocycles. The van der Waals surface area contributed by atoms with Gasteiger partial charge in [-0.2, -0.15) is 9.36 Å². The summed E-state index contributed by atoms with van der Waals surface area (Å²) in [5.41, 5.74) is 0. The molecular weight excluding hydrogens is 272 g/mol. The first-order chi connectivity index (χ1) is 9.76. The van der Waals surface area contributed by atoms with Gasteiger partial charge in [-0.3, -0.25) is 0 Å². The van der Waals surface area contributed by atoms with Crippen LogP contribution in [0.5, 0.6) is 16.7 Å². The number of phenolic OH excluding ortho intramolecular Hbond substituents is 1. The molecule has 0 fully saturated rings. The van der Waals surface area contributed by atoms with E-state index >= 15 is 0 Å². The van der Waals surface area contributed by atoms with Gasteiger partial charge in [-0.05, 0) is 29.3 Å². The van der Waals surface area contributed by atoms with Crippen LogP contribution in [0.1, 0.15) is 19.2 Å². The molecule has 2 aromatic carbocycles. The third-order valence-electron chi connectivity index (χ3n) is 2.95. The molecule has 0 aliphatic rings. The van der Waals surface area contributed by atoms with E-state index in [-0.39, 0.29) is 5.75 Å². The number of ether oxygens (including phenoxy) is 1. The molecule has 1 heterocycles. The molecule has 1 N–H and O–H groups in total. The van der Waals surface area contributed by atoms with Crippen molar-refractivity contribution in [3.05, 3.63) is 42.2 Å². The number of aromatic nitrogens is 2. The number of phenols is 1. The maximum Gasteiger partial charge on any atom is 0.298 e. The molecule has 0 saturated heterocycles. The molecular formula is C15H14N2O2S. The van der Waals surface area contributed by atoms with E-state index in [1.807, 2.05) is 30.3 Å². The fourth-order valence-electron chi connectivity index (χ4n) is 1.99. The minimum atomic E-state index is 0.107. The average molecular weight is 286 g/mol. The van der Waals surface area contributed by atoms with Gasteiger partial charge < -0.3 is 9.84 Å². The van der Waals surface area contributed by atoms with Crippen LogP contribution in [0.3, 0.4) is 0 Å². The molecule has 0 bridgehead atoms. The Morgan fingerprint density at radius 1 is 1.20 bits per heavy atom. The lowest BCUT2D eigenvalue weighted by atomic mass is 10.1. The highest BCUT2D eigenvalue weighted by Crippen LogP contribution is 2.35. The van der Waals surface area contributed by atoms with E-state index in [9.17, 15) is 5.11 Å². The van der Waals surface area contributed by atoms with Crippen molar-refractivity contribution < 1.29 is 9.84 Å². The molecule has 102 valence electrons. The summed E-state index contributed by atoms with van der Waals surface area (Å²) < 4.78 is 9.86. The maximum absolute atomic E-state index is 10.0. The van der Waals surface area contributed by atoms with Gasteiger partial charge in [0.05, 0.1) is 0 Å². The molecule has 0 aliphatic heterocycles. The zero-order chi connectivity index (χ0) is 13.9. The van der Waals surface area contributed by atoms with E-state index < -0.39 is 0 Å².